The number of esters is 1. The van der Waals surface area contributed by atoms with Gasteiger partial charge in [-0.25, -0.2) is 4.79 Å². The molecule has 1 aliphatic carbocycles. The fraction of sp³-hybridized carbons (Fsp3) is 0.500. The zero-order valence-corrected chi connectivity index (χ0v) is 10.3. The van der Waals surface area contributed by atoms with E-state index in [-0.39, 0.29) is 12.2 Å². The third kappa shape index (κ3) is 2.48. The lowest BCUT2D eigenvalue weighted by molar-refractivity contribution is -0.0203. The summed E-state index contributed by atoms with van der Waals surface area (Å²) in [4.78, 5) is 12.3. The normalized spacial score (nSPS) is 23.3. The highest BCUT2D eigenvalue weighted by Gasteiger charge is 2.31. The third-order valence-corrected chi connectivity index (χ3v) is 3.82. The summed E-state index contributed by atoms with van der Waals surface area (Å²) in [6.07, 6.45) is 2.57. The Labute approximate surface area is 104 Å². The molecule has 0 N–H and O–H groups in total. The molecule has 0 aliphatic heterocycles. The van der Waals surface area contributed by atoms with E-state index in [9.17, 15) is 4.79 Å². The van der Waals surface area contributed by atoms with E-state index in [1.807, 2.05) is 6.07 Å². The first kappa shape index (κ1) is 12.1. The molecular formula is C12H13NO3S. The summed E-state index contributed by atoms with van der Waals surface area (Å²) in [7, 11) is 1.63. The quantitative estimate of drug-likeness (QED) is 0.774. The number of carbonyl (C=O) groups excluding carboxylic acids is 1. The van der Waals surface area contributed by atoms with E-state index in [1.54, 1.807) is 18.6 Å². The van der Waals surface area contributed by atoms with Crippen molar-refractivity contribution in [2.24, 2.45) is 0 Å². The molecule has 0 amide bonds. The smallest absolute Gasteiger partial charge is 0.350 e. The van der Waals surface area contributed by atoms with Crippen LogP contribution in [0.5, 0.6) is 0 Å². The summed E-state index contributed by atoms with van der Waals surface area (Å²) < 4.78 is 10.7. The lowest BCUT2D eigenvalue weighted by Gasteiger charge is -2.18. The highest BCUT2D eigenvalue weighted by molar-refractivity contribution is 7.12. The minimum Gasteiger partial charge on any atom is -0.455 e. The molecule has 17 heavy (non-hydrogen) atoms. The molecule has 1 aromatic heterocycles. The van der Waals surface area contributed by atoms with Crippen LogP contribution in [0.4, 0.5) is 0 Å². The molecule has 0 spiro atoms. The Morgan fingerprint density at radius 3 is 3.00 bits per heavy atom. The van der Waals surface area contributed by atoms with Gasteiger partial charge in [0.15, 0.2) is 0 Å². The molecule has 0 aromatic carbocycles. The summed E-state index contributed by atoms with van der Waals surface area (Å²) in [5, 5.41) is 10.6. The number of carbonyl (C=O) groups is 1. The van der Waals surface area contributed by atoms with Crippen molar-refractivity contribution < 1.29 is 14.3 Å². The summed E-state index contributed by atoms with van der Waals surface area (Å²) >= 11 is 1.24. The van der Waals surface area contributed by atoms with Crippen LogP contribution in [0.25, 0.3) is 0 Å². The predicted octanol–water partition coefficient (Wildman–Crippen LogP) is 2.34. The van der Waals surface area contributed by atoms with Crippen LogP contribution < -0.4 is 0 Å². The van der Waals surface area contributed by atoms with E-state index in [0.717, 1.165) is 19.3 Å². The minimum atomic E-state index is -0.412. The molecule has 1 heterocycles. The first-order valence-electron chi connectivity index (χ1n) is 5.47. The lowest BCUT2D eigenvalue weighted by atomic mass is 10.2. The van der Waals surface area contributed by atoms with Crippen LogP contribution in [0.1, 0.15) is 34.5 Å². The molecule has 0 saturated heterocycles. The Kier molecular flexibility index (Phi) is 3.77. The Hall–Kier alpha value is -1.38. The van der Waals surface area contributed by atoms with E-state index in [2.05, 4.69) is 0 Å². The van der Waals surface area contributed by atoms with Crippen LogP contribution in [0.15, 0.2) is 11.4 Å². The zero-order valence-electron chi connectivity index (χ0n) is 9.51. The van der Waals surface area contributed by atoms with E-state index >= 15 is 0 Å². The van der Waals surface area contributed by atoms with E-state index in [1.165, 1.54) is 11.3 Å². The van der Waals surface area contributed by atoms with Gasteiger partial charge in [-0.3, -0.25) is 0 Å². The van der Waals surface area contributed by atoms with Crippen molar-refractivity contribution in [2.45, 2.75) is 31.5 Å². The van der Waals surface area contributed by atoms with Crippen molar-refractivity contribution in [3.63, 3.8) is 0 Å². The molecule has 1 aliphatic rings. The second-order valence-corrected chi connectivity index (χ2v) is 4.84. The van der Waals surface area contributed by atoms with Crippen LogP contribution >= 0.6 is 11.3 Å². The standard InChI is InChI=1S/C12H13NO3S/c1-15-9-3-2-4-10(9)16-12(14)11-8(7-13)5-6-17-11/h5-6,9-10H,2-4H2,1H3/t9-,10-/m0/s1. The number of thiophene rings is 1. The largest absolute Gasteiger partial charge is 0.455 e. The summed E-state index contributed by atoms with van der Waals surface area (Å²) in [6.45, 7) is 0. The summed E-state index contributed by atoms with van der Waals surface area (Å²) in [5.74, 6) is -0.412. The molecule has 0 unspecified atom stereocenters. The molecule has 5 heteroatoms. The van der Waals surface area contributed by atoms with E-state index in [0.29, 0.717) is 10.4 Å². The van der Waals surface area contributed by atoms with Gasteiger partial charge in [0, 0.05) is 7.11 Å². The number of ether oxygens (including phenoxy) is 2. The van der Waals surface area contributed by atoms with Gasteiger partial charge < -0.3 is 9.47 Å². The minimum absolute atomic E-state index is 0.00977. The first-order chi connectivity index (χ1) is 8.26. The topological polar surface area (TPSA) is 59.3 Å². The van der Waals surface area contributed by atoms with Gasteiger partial charge in [0.2, 0.25) is 0 Å². The highest BCUT2D eigenvalue weighted by Crippen LogP contribution is 2.26. The van der Waals surface area contributed by atoms with Crippen molar-refractivity contribution >= 4 is 17.3 Å². The second-order valence-electron chi connectivity index (χ2n) is 3.92. The number of methoxy groups -OCH3 is 1. The van der Waals surface area contributed by atoms with Crippen molar-refractivity contribution in [3.05, 3.63) is 21.9 Å². The molecule has 0 radical (unpaired) electrons. The SMILES string of the molecule is CO[C@H]1CCC[C@@H]1OC(=O)c1sccc1C#N. The average molecular weight is 251 g/mol. The van der Waals surface area contributed by atoms with Gasteiger partial charge >= 0.3 is 5.97 Å². The summed E-state index contributed by atoms with van der Waals surface area (Å²) in [6, 6.07) is 3.61. The maximum Gasteiger partial charge on any atom is 0.350 e. The first-order valence-corrected chi connectivity index (χ1v) is 6.35. The molecule has 1 saturated carbocycles. The number of hydrogen-bond acceptors (Lipinski definition) is 5. The molecule has 1 aromatic rings. The van der Waals surface area contributed by atoms with Crippen LogP contribution in [0.2, 0.25) is 0 Å². The van der Waals surface area contributed by atoms with Gasteiger partial charge in [0.1, 0.15) is 17.1 Å². The van der Waals surface area contributed by atoms with Gasteiger partial charge in [0.05, 0.1) is 11.7 Å². The fourth-order valence-corrected chi connectivity index (χ4v) is 2.77. The average Bonchev–Trinajstić information content (AvgIpc) is 2.96. The van der Waals surface area contributed by atoms with Gasteiger partial charge in [0.25, 0.3) is 0 Å². The molecule has 1 fully saturated rings. The Bertz CT molecular complexity index is 449. The number of nitrogens with zero attached hydrogens (tertiary/aromatic N) is 1. The third-order valence-electron chi connectivity index (χ3n) is 2.92. The van der Waals surface area contributed by atoms with E-state index < -0.39 is 5.97 Å². The van der Waals surface area contributed by atoms with Crippen molar-refractivity contribution in [3.8, 4) is 6.07 Å². The van der Waals surface area contributed by atoms with Gasteiger partial charge in [-0.1, -0.05) is 0 Å². The summed E-state index contributed by atoms with van der Waals surface area (Å²) in [5.41, 5.74) is 0.381. The lowest BCUT2D eigenvalue weighted by Crippen LogP contribution is -2.27. The van der Waals surface area contributed by atoms with Gasteiger partial charge in [-0.05, 0) is 30.7 Å². The van der Waals surface area contributed by atoms with Crippen LogP contribution in [0.3, 0.4) is 0 Å². The molecule has 2 atom stereocenters. The van der Waals surface area contributed by atoms with Gasteiger partial charge in [-0.15, -0.1) is 11.3 Å². The number of hydrogen-bond donors (Lipinski definition) is 0. The predicted molar refractivity (Wildman–Crippen MR) is 62.9 cm³/mol. The molecule has 90 valence electrons. The number of nitriles is 1. The Morgan fingerprint density at radius 1 is 1.53 bits per heavy atom. The van der Waals surface area contributed by atoms with E-state index in [4.69, 9.17) is 14.7 Å². The van der Waals surface area contributed by atoms with Gasteiger partial charge in [-0.2, -0.15) is 5.26 Å². The van der Waals surface area contributed by atoms with Crippen LogP contribution in [-0.4, -0.2) is 25.3 Å². The maximum atomic E-state index is 11.9. The van der Waals surface area contributed by atoms with Crippen molar-refractivity contribution in [2.75, 3.05) is 7.11 Å². The second kappa shape index (κ2) is 5.30. The van der Waals surface area contributed by atoms with Crippen LogP contribution in [-0.2, 0) is 9.47 Å². The van der Waals surface area contributed by atoms with Crippen LogP contribution in [0, 0.1) is 11.3 Å². The maximum absolute atomic E-state index is 11.9. The Balaban J connectivity index is 2.05. The fourth-order valence-electron chi connectivity index (χ4n) is 2.04. The van der Waals surface area contributed by atoms with Crippen molar-refractivity contribution in [1.29, 1.82) is 5.26 Å². The number of rotatable bonds is 3. The van der Waals surface area contributed by atoms with Crippen molar-refractivity contribution in [1.82, 2.24) is 0 Å². The zero-order chi connectivity index (χ0) is 12.3. The monoisotopic (exact) mass is 251 g/mol. The molecular weight excluding hydrogens is 238 g/mol. The molecule has 2 rings (SSSR count). The highest BCUT2D eigenvalue weighted by atomic mass is 32.1. The molecule has 4 nitrogen and oxygen atoms in total. The molecule has 0 bridgehead atoms. The Morgan fingerprint density at radius 2 is 2.29 bits per heavy atom.